The van der Waals surface area contributed by atoms with Gasteiger partial charge in [-0.3, -0.25) is 4.79 Å². The average molecular weight is 250 g/mol. The van der Waals surface area contributed by atoms with Crippen LogP contribution < -0.4 is 0 Å². The topological polar surface area (TPSA) is 57.5 Å². The van der Waals surface area contributed by atoms with Gasteiger partial charge >= 0.3 is 5.97 Å². The van der Waals surface area contributed by atoms with Gasteiger partial charge in [0.2, 0.25) is 0 Å². The van der Waals surface area contributed by atoms with Crippen LogP contribution in [0.4, 0.5) is 0 Å². The summed E-state index contributed by atoms with van der Waals surface area (Å²) < 4.78 is 0. The lowest BCUT2D eigenvalue weighted by atomic mass is 9.79. The molecule has 0 radical (unpaired) electrons. The molecule has 1 aromatic rings. The third kappa shape index (κ3) is 3.03. The zero-order chi connectivity index (χ0) is 14.1. The number of aromatic hydroxyl groups is 1. The first-order valence-electron chi connectivity index (χ1n) is 6.21. The van der Waals surface area contributed by atoms with Crippen molar-refractivity contribution in [3.8, 4) is 5.75 Å². The van der Waals surface area contributed by atoms with Crippen molar-refractivity contribution < 1.29 is 15.0 Å². The van der Waals surface area contributed by atoms with Gasteiger partial charge in [0.1, 0.15) is 5.75 Å². The number of hydrogen-bond acceptors (Lipinski definition) is 2. The van der Waals surface area contributed by atoms with Gasteiger partial charge in [0, 0.05) is 11.0 Å². The standard InChI is InChI=1S/C15H22O3/c1-9(2)11-7-12(13(16)6-10(11)3)15(4,5)8-14(17)18/h6-7,9,16H,8H2,1-5H3,(H,17,18). The second kappa shape index (κ2) is 5.01. The van der Waals surface area contributed by atoms with Gasteiger partial charge in [0.15, 0.2) is 0 Å². The summed E-state index contributed by atoms with van der Waals surface area (Å²) in [6.07, 6.45) is 0.00115. The van der Waals surface area contributed by atoms with E-state index in [2.05, 4.69) is 13.8 Å². The zero-order valence-corrected chi connectivity index (χ0v) is 11.7. The van der Waals surface area contributed by atoms with Crippen LogP contribution in [0.5, 0.6) is 5.75 Å². The summed E-state index contributed by atoms with van der Waals surface area (Å²) in [6.45, 7) is 9.83. The molecular formula is C15H22O3. The van der Waals surface area contributed by atoms with Crippen LogP contribution in [0, 0.1) is 6.92 Å². The Hall–Kier alpha value is -1.51. The molecule has 0 amide bonds. The van der Waals surface area contributed by atoms with Crippen molar-refractivity contribution in [1.29, 1.82) is 0 Å². The Morgan fingerprint density at radius 3 is 2.33 bits per heavy atom. The maximum atomic E-state index is 10.9. The van der Waals surface area contributed by atoms with Crippen molar-refractivity contribution in [1.82, 2.24) is 0 Å². The van der Waals surface area contributed by atoms with Crippen LogP contribution >= 0.6 is 0 Å². The summed E-state index contributed by atoms with van der Waals surface area (Å²) in [6, 6.07) is 3.67. The van der Waals surface area contributed by atoms with Crippen LogP contribution in [0.3, 0.4) is 0 Å². The van der Waals surface area contributed by atoms with Crippen molar-refractivity contribution >= 4 is 5.97 Å². The minimum absolute atomic E-state index is 0.00115. The highest BCUT2D eigenvalue weighted by Gasteiger charge is 2.28. The smallest absolute Gasteiger partial charge is 0.304 e. The quantitative estimate of drug-likeness (QED) is 0.858. The maximum absolute atomic E-state index is 10.9. The van der Waals surface area contributed by atoms with Gasteiger partial charge in [-0.1, -0.05) is 33.8 Å². The Morgan fingerprint density at radius 2 is 1.89 bits per heavy atom. The van der Waals surface area contributed by atoms with Crippen molar-refractivity contribution in [3.63, 3.8) is 0 Å². The molecule has 0 bridgehead atoms. The molecule has 2 N–H and O–H groups in total. The average Bonchev–Trinajstić information content (AvgIpc) is 2.13. The largest absolute Gasteiger partial charge is 0.508 e. The third-order valence-corrected chi connectivity index (χ3v) is 3.33. The fourth-order valence-corrected chi connectivity index (χ4v) is 2.35. The van der Waals surface area contributed by atoms with Crippen LogP contribution in [0.1, 0.15) is 56.7 Å². The van der Waals surface area contributed by atoms with E-state index < -0.39 is 11.4 Å². The molecule has 0 aromatic heterocycles. The van der Waals surface area contributed by atoms with Crippen LogP contribution in [-0.4, -0.2) is 16.2 Å². The molecule has 3 heteroatoms. The summed E-state index contributed by atoms with van der Waals surface area (Å²) in [4.78, 5) is 10.9. The van der Waals surface area contributed by atoms with E-state index in [0.717, 1.165) is 11.1 Å². The van der Waals surface area contributed by atoms with E-state index in [0.29, 0.717) is 11.5 Å². The molecule has 0 unspecified atom stereocenters. The molecule has 0 saturated carbocycles. The van der Waals surface area contributed by atoms with Gasteiger partial charge in [-0.2, -0.15) is 0 Å². The summed E-state index contributed by atoms with van der Waals surface area (Å²) in [5, 5.41) is 19.0. The minimum atomic E-state index is -0.855. The summed E-state index contributed by atoms with van der Waals surface area (Å²) in [5.74, 6) is -0.320. The second-order valence-electron chi connectivity index (χ2n) is 5.84. The van der Waals surface area contributed by atoms with E-state index in [1.807, 2.05) is 26.8 Å². The molecule has 0 aliphatic rings. The molecule has 3 nitrogen and oxygen atoms in total. The number of aliphatic carboxylic acids is 1. The van der Waals surface area contributed by atoms with Gasteiger partial charge < -0.3 is 10.2 Å². The maximum Gasteiger partial charge on any atom is 0.304 e. The number of aryl methyl sites for hydroxylation is 1. The molecule has 0 heterocycles. The Labute approximate surface area is 108 Å². The summed E-state index contributed by atoms with van der Waals surface area (Å²) in [7, 11) is 0. The summed E-state index contributed by atoms with van der Waals surface area (Å²) in [5.41, 5.74) is 2.32. The molecule has 0 aliphatic heterocycles. The second-order valence-corrected chi connectivity index (χ2v) is 5.84. The number of rotatable bonds is 4. The highest BCUT2D eigenvalue weighted by molar-refractivity contribution is 5.69. The molecule has 0 saturated heterocycles. The molecule has 1 aromatic carbocycles. The van der Waals surface area contributed by atoms with E-state index >= 15 is 0 Å². The molecule has 0 atom stereocenters. The minimum Gasteiger partial charge on any atom is -0.508 e. The van der Waals surface area contributed by atoms with Crippen molar-refractivity contribution in [2.75, 3.05) is 0 Å². The van der Waals surface area contributed by atoms with E-state index in [4.69, 9.17) is 5.11 Å². The first-order valence-corrected chi connectivity index (χ1v) is 6.21. The highest BCUT2D eigenvalue weighted by atomic mass is 16.4. The fraction of sp³-hybridized carbons (Fsp3) is 0.533. The van der Waals surface area contributed by atoms with Crippen molar-refractivity contribution in [2.24, 2.45) is 0 Å². The van der Waals surface area contributed by atoms with Gasteiger partial charge in [-0.15, -0.1) is 0 Å². The van der Waals surface area contributed by atoms with E-state index in [1.165, 1.54) is 0 Å². The molecule has 0 spiro atoms. The SMILES string of the molecule is Cc1cc(O)c(C(C)(C)CC(=O)O)cc1C(C)C. The van der Waals surface area contributed by atoms with Gasteiger partial charge in [-0.25, -0.2) is 0 Å². The number of benzene rings is 1. The number of carboxylic acid groups (broad SMARTS) is 1. The first kappa shape index (κ1) is 14.6. The number of phenols is 1. The van der Waals surface area contributed by atoms with Gasteiger partial charge in [0.05, 0.1) is 6.42 Å². The number of phenolic OH excluding ortho intramolecular Hbond substituents is 1. The highest BCUT2D eigenvalue weighted by Crippen LogP contribution is 2.37. The molecular weight excluding hydrogens is 228 g/mol. The lowest BCUT2D eigenvalue weighted by Crippen LogP contribution is -2.22. The predicted octanol–water partition coefficient (Wildman–Crippen LogP) is 3.58. The lowest BCUT2D eigenvalue weighted by Gasteiger charge is -2.26. The van der Waals surface area contributed by atoms with Crippen LogP contribution in [0.15, 0.2) is 12.1 Å². The monoisotopic (exact) mass is 250 g/mol. The Bertz CT molecular complexity index is 459. The number of hydrogen-bond donors (Lipinski definition) is 2. The fourth-order valence-electron chi connectivity index (χ4n) is 2.35. The first-order chi connectivity index (χ1) is 8.15. The van der Waals surface area contributed by atoms with E-state index in [-0.39, 0.29) is 12.2 Å². The lowest BCUT2D eigenvalue weighted by molar-refractivity contribution is -0.138. The summed E-state index contributed by atoms with van der Waals surface area (Å²) >= 11 is 0. The van der Waals surface area contributed by atoms with E-state index in [9.17, 15) is 9.90 Å². The Kier molecular flexibility index (Phi) is 4.05. The Balaban J connectivity index is 3.32. The molecule has 0 aliphatic carbocycles. The van der Waals surface area contributed by atoms with Crippen molar-refractivity contribution in [2.45, 2.75) is 52.4 Å². The predicted molar refractivity (Wildman–Crippen MR) is 72.2 cm³/mol. The normalized spacial score (nSPS) is 11.9. The zero-order valence-electron chi connectivity index (χ0n) is 11.7. The molecule has 18 heavy (non-hydrogen) atoms. The number of carboxylic acids is 1. The van der Waals surface area contributed by atoms with Gasteiger partial charge in [0.25, 0.3) is 0 Å². The van der Waals surface area contributed by atoms with Crippen LogP contribution in [-0.2, 0) is 10.2 Å². The van der Waals surface area contributed by atoms with Crippen LogP contribution in [0.2, 0.25) is 0 Å². The van der Waals surface area contributed by atoms with E-state index in [1.54, 1.807) is 6.07 Å². The van der Waals surface area contributed by atoms with Gasteiger partial charge in [-0.05, 0) is 30.0 Å². The van der Waals surface area contributed by atoms with Crippen LogP contribution in [0.25, 0.3) is 0 Å². The molecule has 1 rings (SSSR count). The third-order valence-electron chi connectivity index (χ3n) is 3.33. The Morgan fingerprint density at radius 1 is 1.33 bits per heavy atom. The molecule has 0 fully saturated rings. The molecule has 100 valence electrons. The number of carbonyl (C=O) groups is 1. The van der Waals surface area contributed by atoms with Crippen molar-refractivity contribution in [3.05, 3.63) is 28.8 Å².